The van der Waals surface area contributed by atoms with Crippen molar-refractivity contribution >= 4 is 29.4 Å². The van der Waals surface area contributed by atoms with E-state index in [9.17, 15) is 22.8 Å². The number of aromatic nitrogens is 3. The van der Waals surface area contributed by atoms with Gasteiger partial charge in [0.05, 0.1) is 18.3 Å². The number of halogens is 3. The molecular formula is C24H28F3N7O5. The molecule has 5 rings (SSSR count). The van der Waals surface area contributed by atoms with E-state index < -0.39 is 29.9 Å². The first-order valence-electron chi connectivity index (χ1n) is 12.4. The van der Waals surface area contributed by atoms with Crippen molar-refractivity contribution in [3.63, 3.8) is 0 Å². The third-order valence-electron chi connectivity index (χ3n) is 6.58. The molecule has 2 unspecified atom stereocenters. The van der Waals surface area contributed by atoms with Crippen LogP contribution < -0.4 is 25.2 Å². The average molecular weight is 552 g/mol. The monoisotopic (exact) mass is 551 g/mol. The van der Waals surface area contributed by atoms with Crippen LogP contribution in [0.15, 0.2) is 24.4 Å². The maximum Gasteiger partial charge on any atom is 0.408 e. The minimum atomic E-state index is -4.60. The molecule has 12 nitrogen and oxygen atoms in total. The largest absolute Gasteiger partial charge is 0.475 e. The Morgan fingerprint density at radius 1 is 1.26 bits per heavy atom. The summed E-state index contributed by atoms with van der Waals surface area (Å²) >= 11 is 0. The number of fused-ring (bicyclic) bond motifs is 4. The van der Waals surface area contributed by atoms with Gasteiger partial charge in [-0.2, -0.15) is 18.2 Å². The quantitative estimate of drug-likeness (QED) is 0.556. The van der Waals surface area contributed by atoms with Crippen LogP contribution in [0.4, 0.5) is 35.4 Å². The molecule has 3 aliphatic heterocycles. The van der Waals surface area contributed by atoms with E-state index in [0.29, 0.717) is 31.8 Å². The van der Waals surface area contributed by atoms with Crippen LogP contribution in [0.2, 0.25) is 0 Å². The van der Waals surface area contributed by atoms with E-state index in [1.165, 1.54) is 23.2 Å². The van der Waals surface area contributed by atoms with Gasteiger partial charge in [0.25, 0.3) is 5.91 Å². The lowest BCUT2D eigenvalue weighted by atomic mass is 10.1. The average Bonchev–Trinajstić information content (AvgIpc) is 3.45. The molecule has 0 spiro atoms. The minimum absolute atomic E-state index is 0.0173. The highest BCUT2D eigenvalue weighted by Crippen LogP contribution is 2.39. The van der Waals surface area contributed by atoms with Crippen LogP contribution in [-0.4, -0.2) is 83.3 Å². The Bertz CT molecular complexity index is 1260. The van der Waals surface area contributed by atoms with Crippen molar-refractivity contribution in [2.45, 2.75) is 57.3 Å². The number of alkyl halides is 3. The zero-order chi connectivity index (χ0) is 27.9. The van der Waals surface area contributed by atoms with Gasteiger partial charge in [-0.15, -0.1) is 0 Å². The second-order valence-corrected chi connectivity index (χ2v) is 9.94. The van der Waals surface area contributed by atoms with Crippen molar-refractivity contribution in [2.24, 2.45) is 0 Å². The Kier molecular flexibility index (Phi) is 6.97. The lowest BCUT2D eigenvalue weighted by Crippen LogP contribution is -2.49. The molecule has 5 heterocycles. The second-order valence-electron chi connectivity index (χ2n) is 9.94. The van der Waals surface area contributed by atoms with Crippen LogP contribution in [0.25, 0.3) is 0 Å². The van der Waals surface area contributed by atoms with Crippen LogP contribution in [0.3, 0.4) is 0 Å². The molecule has 0 aliphatic carbocycles. The summed E-state index contributed by atoms with van der Waals surface area (Å²) in [5, 5.41) is 4.54. The predicted molar refractivity (Wildman–Crippen MR) is 132 cm³/mol. The van der Waals surface area contributed by atoms with E-state index in [1.807, 2.05) is 10.2 Å². The van der Waals surface area contributed by atoms with E-state index in [-0.39, 0.29) is 42.1 Å². The molecule has 0 radical (unpaired) electrons. The Hall–Kier alpha value is -3.72. The number of nitrogens with zero attached hydrogens (tertiary/aromatic N) is 5. The van der Waals surface area contributed by atoms with Gasteiger partial charge in [0, 0.05) is 25.4 Å². The zero-order valence-corrected chi connectivity index (χ0v) is 21.5. The summed E-state index contributed by atoms with van der Waals surface area (Å²) in [7, 11) is 0. The maximum absolute atomic E-state index is 13.4. The molecular weight excluding hydrogens is 523 g/mol. The van der Waals surface area contributed by atoms with Gasteiger partial charge < -0.3 is 24.4 Å². The highest BCUT2D eigenvalue weighted by molar-refractivity contribution is 6.04. The number of amides is 3. The van der Waals surface area contributed by atoms with E-state index in [0.717, 1.165) is 6.92 Å². The van der Waals surface area contributed by atoms with Gasteiger partial charge in [0.2, 0.25) is 11.8 Å². The molecule has 2 N–H and O–H groups in total. The fourth-order valence-corrected chi connectivity index (χ4v) is 4.61. The third kappa shape index (κ3) is 5.83. The molecule has 2 aromatic rings. The Labute approximate surface area is 221 Å². The van der Waals surface area contributed by atoms with Gasteiger partial charge in [0.1, 0.15) is 24.4 Å². The number of hydrogen-bond acceptors (Lipinski definition) is 9. The molecule has 3 atom stereocenters. The zero-order valence-electron chi connectivity index (χ0n) is 21.5. The molecule has 3 aliphatic rings. The van der Waals surface area contributed by atoms with E-state index in [4.69, 9.17) is 14.2 Å². The summed E-state index contributed by atoms with van der Waals surface area (Å²) in [6.07, 6.45) is -2.81. The van der Waals surface area contributed by atoms with Gasteiger partial charge in [-0.1, -0.05) is 0 Å². The van der Waals surface area contributed by atoms with Crippen molar-refractivity contribution in [1.82, 2.24) is 20.3 Å². The van der Waals surface area contributed by atoms with E-state index in [1.54, 1.807) is 19.9 Å². The molecule has 39 heavy (non-hydrogen) atoms. The maximum atomic E-state index is 13.4. The number of hydrogen-bond donors (Lipinski definition) is 2. The van der Waals surface area contributed by atoms with Crippen LogP contribution >= 0.6 is 0 Å². The molecule has 0 aromatic carbocycles. The van der Waals surface area contributed by atoms with Crippen LogP contribution in [0.1, 0.15) is 37.7 Å². The first-order valence-corrected chi connectivity index (χ1v) is 12.4. The van der Waals surface area contributed by atoms with Crippen molar-refractivity contribution < 1.29 is 37.0 Å². The first kappa shape index (κ1) is 26.9. The Balaban J connectivity index is 1.31. The third-order valence-corrected chi connectivity index (χ3v) is 6.58. The Morgan fingerprint density at radius 3 is 2.77 bits per heavy atom. The minimum Gasteiger partial charge on any atom is -0.475 e. The number of ether oxygens (including phenoxy) is 3. The van der Waals surface area contributed by atoms with Gasteiger partial charge in [-0.05, 0) is 39.3 Å². The summed E-state index contributed by atoms with van der Waals surface area (Å²) in [6, 6.07) is 1.54. The molecule has 210 valence electrons. The van der Waals surface area contributed by atoms with Crippen molar-refractivity contribution in [3.05, 3.63) is 30.1 Å². The SMILES string of the molecule is CC(NC(=O)c1ccc2c(n1)N(C(=O)Nc1nccc(OCC3COC(C)(C)O3)n1)[C@H]1CCN2C1)C(F)(F)F. The van der Waals surface area contributed by atoms with Gasteiger partial charge in [-0.25, -0.2) is 14.8 Å². The smallest absolute Gasteiger partial charge is 0.408 e. The summed E-state index contributed by atoms with van der Waals surface area (Å²) in [4.78, 5) is 41.9. The molecule has 3 amide bonds. The number of nitrogens with one attached hydrogen (secondary N) is 2. The predicted octanol–water partition coefficient (Wildman–Crippen LogP) is 2.71. The van der Waals surface area contributed by atoms with Crippen molar-refractivity contribution in [1.29, 1.82) is 0 Å². The molecule has 2 fully saturated rings. The number of anilines is 3. The normalized spacial score (nSPS) is 22.3. The highest BCUT2D eigenvalue weighted by Gasteiger charge is 2.42. The molecule has 2 bridgehead atoms. The van der Waals surface area contributed by atoms with E-state index in [2.05, 4.69) is 20.3 Å². The van der Waals surface area contributed by atoms with Gasteiger partial charge in [0.15, 0.2) is 11.6 Å². The van der Waals surface area contributed by atoms with Crippen LogP contribution in [0, 0.1) is 0 Å². The number of carbonyl (C=O) groups is 2. The summed E-state index contributed by atoms with van der Waals surface area (Å²) in [5.41, 5.74) is 0.358. The number of rotatable bonds is 6. The molecule has 2 aromatic heterocycles. The number of pyridine rings is 1. The molecule has 15 heteroatoms. The fourth-order valence-electron chi connectivity index (χ4n) is 4.61. The second kappa shape index (κ2) is 10.1. The summed E-state index contributed by atoms with van der Waals surface area (Å²) < 4.78 is 55.7. The summed E-state index contributed by atoms with van der Waals surface area (Å²) in [5.74, 6) is -1.32. The van der Waals surface area contributed by atoms with Gasteiger partial charge in [-0.3, -0.25) is 15.0 Å². The number of carbonyl (C=O) groups excluding carboxylic acids is 2. The standard InChI is InChI=1S/C24H28F3N7O5/c1-13(24(25,26)27)29-20(35)16-4-5-17-19(30-16)34(14-7-9-33(17)10-14)22(36)32-21-28-8-6-18(31-21)37-11-15-12-38-23(2,3)39-15/h4-6,8,13-15H,7,9-12H2,1-3H3,(H,29,35)(H,28,31,32,36)/t13?,14-,15?/m0/s1. The number of urea groups is 1. The summed E-state index contributed by atoms with van der Waals surface area (Å²) in [6.45, 7) is 6.21. The highest BCUT2D eigenvalue weighted by atomic mass is 19.4. The fraction of sp³-hybridized carbons (Fsp3) is 0.542. The van der Waals surface area contributed by atoms with Gasteiger partial charge >= 0.3 is 12.2 Å². The first-order chi connectivity index (χ1) is 18.4. The molecule has 0 saturated carbocycles. The Morgan fingerprint density at radius 2 is 2.05 bits per heavy atom. The lowest BCUT2D eigenvalue weighted by Gasteiger charge is -2.35. The topological polar surface area (TPSA) is 131 Å². The van der Waals surface area contributed by atoms with Crippen molar-refractivity contribution in [2.75, 3.05) is 41.4 Å². The van der Waals surface area contributed by atoms with Crippen LogP contribution in [0.5, 0.6) is 5.88 Å². The van der Waals surface area contributed by atoms with E-state index >= 15 is 0 Å². The molecule has 2 saturated heterocycles. The van der Waals surface area contributed by atoms with Crippen LogP contribution in [-0.2, 0) is 9.47 Å². The lowest BCUT2D eigenvalue weighted by molar-refractivity contribution is -0.149. The van der Waals surface area contributed by atoms with Crippen molar-refractivity contribution in [3.8, 4) is 5.88 Å².